The second kappa shape index (κ2) is 7.51. The lowest BCUT2D eigenvalue weighted by Gasteiger charge is -2.35. The van der Waals surface area contributed by atoms with E-state index in [1.807, 2.05) is 26.0 Å². The Balaban J connectivity index is 2.02. The lowest BCUT2D eigenvalue weighted by atomic mass is 9.96. The van der Waals surface area contributed by atoms with Crippen LogP contribution in [0.5, 0.6) is 0 Å². The van der Waals surface area contributed by atoms with Crippen LogP contribution >= 0.6 is 11.6 Å². The molecule has 0 bridgehead atoms. The van der Waals surface area contributed by atoms with Gasteiger partial charge in [-0.2, -0.15) is 5.26 Å². The van der Waals surface area contributed by atoms with Gasteiger partial charge in [0.05, 0.1) is 11.3 Å². The maximum Gasteiger partial charge on any atom is 0.222 e. The minimum Gasteiger partial charge on any atom is -0.370 e. The molecule has 4 nitrogen and oxygen atoms in total. The number of anilines is 1. The van der Waals surface area contributed by atoms with Crippen LogP contribution in [0.25, 0.3) is 0 Å². The maximum absolute atomic E-state index is 11.7. The van der Waals surface area contributed by atoms with Gasteiger partial charge in [0.2, 0.25) is 5.91 Å². The van der Waals surface area contributed by atoms with Crippen molar-refractivity contribution in [2.75, 3.05) is 24.5 Å². The van der Waals surface area contributed by atoms with E-state index < -0.39 is 0 Å². The van der Waals surface area contributed by atoms with E-state index in [9.17, 15) is 10.1 Å². The van der Waals surface area contributed by atoms with Gasteiger partial charge in [-0.3, -0.25) is 4.79 Å². The van der Waals surface area contributed by atoms with E-state index in [1.165, 1.54) is 0 Å². The molecule has 22 heavy (non-hydrogen) atoms. The summed E-state index contributed by atoms with van der Waals surface area (Å²) in [5, 5.41) is 12.9. The van der Waals surface area contributed by atoms with Crippen molar-refractivity contribution in [1.82, 2.24) is 5.32 Å². The van der Waals surface area contributed by atoms with Crippen LogP contribution in [0.2, 0.25) is 5.02 Å². The van der Waals surface area contributed by atoms with Gasteiger partial charge in [-0.05, 0) is 37.0 Å². The van der Waals surface area contributed by atoms with Crippen molar-refractivity contribution in [1.29, 1.82) is 5.26 Å². The average molecular weight is 320 g/mol. The van der Waals surface area contributed by atoms with Gasteiger partial charge in [0.1, 0.15) is 6.07 Å². The first-order chi connectivity index (χ1) is 10.5. The highest BCUT2D eigenvalue weighted by molar-refractivity contribution is 6.30. The Hall–Kier alpha value is -1.73. The Morgan fingerprint density at radius 2 is 2.32 bits per heavy atom. The number of piperidine rings is 1. The van der Waals surface area contributed by atoms with Gasteiger partial charge in [-0.1, -0.05) is 25.4 Å². The summed E-state index contributed by atoms with van der Waals surface area (Å²) < 4.78 is 0. The standard InChI is InChI=1S/C17H22ClN3O/c1-12(2)17(22)20-10-13-4-3-7-21(11-13)16-6-5-15(18)8-14(16)9-19/h5-6,8,12-13H,3-4,7,10-11H2,1-2H3,(H,20,22)/t13-/m0/s1. The fourth-order valence-electron chi connectivity index (χ4n) is 2.77. The van der Waals surface area contributed by atoms with Crippen LogP contribution < -0.4 is 10.2 Å². The fraction of sp³-hybridized carbons (Fsp3) is 0.529. The van der Waals surface area contributed by atoms with E-state index >= 15 is 0 Å². The number of nitriles is 1. The van der Waals surface area contributed by atoms with Crippen LogP contribution in [-0.4, -0.2) is 25.5 Å². The topological polar surface area (TPSA) is 56.1 Å². The zero-order valence-corrected chi connectivity index (χ0v) is 13.9. The van der Waals surface area contributed by atoms with E-state index in [1.54, 1.807) is 6.07 Å². The van der Waals surface area contributed by atoms with Gasteiger partial charge in [0, 0.05) is 30.6 Å². The molecule has 1 atom stereocenters. The van der Waals surface area contributed by atoms with E-state index in [-0.39, 0.29) is 11.8 Å². The number of halogens is 1. The summed E-state index contributed by atoms with van der Waals surface area (Å²) in [4.78, 5) is 13.9. The van der Waals surface area contributed by atoms with Crippen molar-refractivity contribution in [3.8, 4) is 6.07 Å². The van der Waals surface area contributed by atoms with Crippen LogP contribution in [0.4, 0.5) is 5.69 Å². The van der Waals surface area contributed by atoms with Crippen LogP contribution in [0.3, 0.4) is 0 Å². The average Bonchev–Trinajstić information content (AvgIpc) is 2.52. The van der Waals surface area contributed by atoms with Gasteiger partial charge < -0.3 is 10.2 Å². The number of hydrogen-bond acceptors (Lipinski definition) is 3. The van der Waals surface area contributed by atoms with Crippen molar-refractivity contribution in [3.05, 3.63) is 28.8 Å². The fourth-order valence-corrected chi connectivity index (χ4v) is 2.95. The molecular weight excluding hydrogens is 298 g/mol. The van der Waals surface area contributed by atoms with Crippen molar-refractivity contribution in [3.63, 3.8) is 0 Å². The molecule has 5 heteroatoms. The summed E-state index contributed by atoms with van der Waals surface area (Å²) in [5.41, 5.74) is 1.55. The van der Waals surface area contributed by atoms with Gasteiger partial charge >= 0.3 is 0 Å². The smallest absolute Gasteiger partial charge is 0.222 e. The first kappa shape index (κ1) is 16.6. The zero-order valence-electron chi connectivity index (χ0n) is 13.1. The van der Waals surface area contributed by atoms with Crippen LogP contribution in [0.1, 0.15) is 32.3 Å². The largest absolute Gasteiger partial charge is 0.370 e. The number of benzene rings is 1. The van der Waals surface area contributed by atoms with E-state index in [0.29, 0.717) is 23.0 Å². The number of rotatable bonds is 4. The first-order valence-corrected chi connectivity index (χ1v) is 8.11. The molecule has 1 fully saturated rings. The highest BCUT2D eigenvalue weighted by atomic mass is 35.5. The molecule has 0 unspecified atom stereocenters. The predicted octanol–water partition coefficient (Wildman–Crippen LogP) is 3.20. The van der Waals surface area contributed by atoms with Crippen molar-refractivity contribution < 1.29 is 4.79 Å². The third-order valence-electron chi connectivity index (χ3n) is 4.03. The number of carbonyl (C=O) groups is 1. The Morgan fingerprint density at radius 3 is 3.00 bits per heavy atom. The molecule has 1 aromatic rings. The molecular formula is C17H22ClN3O. The Kier molecular flexibility index (Phi) is 5.68. The molecule has 118 valence electrons. The molecule has 1 heterocycles. The van der Waals surface area contributed by atoms with E-state index in [2.05, 4.69) is 16.3 Å². The van der Waals surface area contributed by atoms with Gasteiger partial charge in [-0.25, -0.2) is 0 Å². The first-order valence-electron chi connectivity index (χ1n) is 7.73. The summed E-state index contributed by atoms with van der Waals surface area (Å²) in [7, 11) is 0. The molecule has 1 aliphatic heterocycles. The monoisotopic (exact) mass is 319 g/mol. The molecule has 1 aromatic carbocycles. The number of carbonyl (C=O) groups excluding carboxylic acids is 1. The molecule has 1 amide bonds. The molecule has 0 spiro atoms. The van der Waals surface area contributed by atoms with Gasteiger partial charge in [-0.15, -0.1) is 0 Å². The quantitative estimate of drug-likeness (QED) is 0.927. The van der Waals surface area contributed by atoms with E-state index in [4.69, 9.17) is 11.6 Å². The molecule has 0 aliphatic carbocycles. The molecule has 0 saturated carbocycles. The summed E-state index contributed by atoms with van der Waals surface area (Å²) in [5.74, 6) is 0.529. The summed E-state index contributed by atoms with van der Waals surface area (Å²) in [6.07, 6.45) is 2.17. The molecule has 1 aliphatic rings. The minimum absolute atomic E-state index is 0.0150. The number of nitrogens with zero attached hydrogens (tertiary/aromatic N) is 2. The van der Waals surface area contributed by atoms with Crippen LogP contribution in [-0.2, 0) is 4.79 Å². The second-order valence-electron chi connectivity index (χ2n) is 6.13. The van der Waals surface area contributed by atoms with Crippen molar-refractivity contribution in [2.45, 2.75) is 26.7 Å². The lowest BCUT2D eigenvalue weighted by Crippen LogP contribution is -2.42. The third-order valence-corrected chi connectivity index (χ3v) is 4.26. The predicted molar refractivity (Wildman–Crippen MR) is 89.0 cm³/mol. The SMILES string of the molecule is CC(C)C(=O)NC[C@@H]1CCCN(c2ccc(Cl)cc2C#N)C1. The number of nitrogens with one attached hydrogen (secondary N) is 1. The maximum atomic E-state index is 11.7. The summed E-state index contributed by atoms with van der Waals surface area (Å²) >= 11 is 5.96. The van der Waals surface area contributed by atoms with Crippen LogP contribution in [0.15, 0.2) is 18.2 Å². The highest BCUT2D eigenvalue weighted by Crippen LogP contribution is 2.28. The second-order valence-corrected chi connectivity index (χ2v) is 6.56. The number of amides is 1. The van der Waals surface area contributed by atoms with Crippen molar-refractivity contribution >= 4 is 23.2 Å². The summed E-state index contributed by atoms with van der Waals surface area (Å²) in [6, 6.07) is 7.66. The molecule has 1 N–H and O–H groups in total. The molecule has 0 radical (unpaired) electrons. The Morgan fingerprint density at radius 1 is 1.55 bits per heavy atom. The Labute approximate surface area is 137 Å². The normalized spacial score (nSPS) is 18.1. The minimum atomic E-state index is 0.0150. The van der Waals surface area contributed by atoms with Gasteiger partial charge in [0.25, 0.3) is 0 Å². The molecule has 1 saturated heterocycles. The van der Waals surface area contributed by atoms with Gasteiger partial charge in [0.15, 0.2) is 0 Å². The zero-order chi connectivity index (χ0) is 16.1. The van der Waals surface area contributed by atoms with Crippen molar-refractivity contribution in [2.24, 2.45) is 11.8 Å². The Bertz CT molecular complexity index is 580. The molecule has 2 rings (SSSR count). The molecule has 0 aromatic heterocycles. The van der Waals surface area contributed by atoms with E-state index in [0.717, 1.165) is 31.6 Å². The van der Waals surface area contributed by atoms with Crippen LogP contribution in [0, 0.1) is 23.2 Å². The third kappa shape index (κ3) is 4.14. The number of hydrogen-bond donors (Lipinski definition) is 1. The summed E-state index contributed by atoms with van der Waals surface area (Å²) in [6.45, 7) is 6.29. The lowest BCUT2D eigenvalue weighted by molar-refractivity contribution is -0.124. The highest BCUT2D eigenvalue weighted by Gasteiger charge is 2.22.